The van der Waals surface area contributed by atoms with Gasteiger partial charge in [-0.15, -0.1) is 0 Å². The number of sulfonamides is 1. The van der Waals surface area contributed by atoms with Crippen molar-refractivity contribution in [2.75, 3.05) is 10.8 Å². The van der Waals surface area contributed by atoms with Crippen molar-refractivity contribution in [3.05, 3.63) is 67.7 Å². The maximum atomic E-state index is 13.2. The first kappa shape index (κ1) is 23.0. The van der Waals surface area contributed by atoms with Crippen LogP contribution in [0.25, 0.3) is 0 Å². The third-order valence-electron chi connectivity index (χ3n) is 3.67. The number of anilines is 1. The molecule has 2 aromatic rings. The lowest BCUT2D eigenvalue weighted by Crippen LogP contribution is -2.37. The van der Waals surface area contributed by atoms with Crippen LogP contribution in [0.15, 0.2) is 47.4 Å². The highest BCUT2D eigenvalue weighted by Crippen LogP contribution is 2.34. The molecule has 0 fully saturated rings. The Bertz CT molecular complexity index is 1100. The number of rotatable bonds is 8. The van der Waals surface area contributed by atoms with E-state index in [1.807, 2.05) is 0 Å². The Hall–Kier alpha value is -3.25. The summed E-state index contributed by atoms with van der Waals surface area (Å²) in [6.45, 7) is 2.25. The van der Waals surface area contributed by atoms with Gasteiger partial charge in [-0.2, -0.15) is 0 Å². The maximum absolute atomic E-state index is 13.2. The summed E-state index contributed by atoms with van der Waals surface area (Å²) in [5.74, 6) is -0.943. The lowest BCUT2D eigenvalue weighted by molar-refractivity contribution is -0.385. The van der Waals surface area contributed by atoms with E-state index in [9.17, 15) is 33.4 Å². The number of carbonyl (C=O) groups is 1. The van der Waals surface area contributed by atoms with E-state index in [4.69, 9.17) is 16.3 Å². The Morgan fingerprint density at radius 3 is 2.27 bits per heavy atom. The SMILES string of the molecule is CC(C)OC(=O)CN(c1cc([N+](=O)[O-])ccc1Cl)S(=O)(=O)c1cccc([N+](=O)[O-])c1. The van der Waals surface area contributed by atoms with Crippen LogP contribution in [-0.4, -0.2) is 36.9 Å². The number of ether oxygens (including phenoxy) is 1. The largest absolute Gasteiger partial charge is 0.462 e. The third-order valence-corrected chi connectivity index (χ3v) is 5.74. The number of halogens is 1. The Kier molecular flexibility index (Phi) is 6.95. The average molecular weight is 458 g/mol. The van der Waals surface area contributed by atoms with Crippen molar-refractivity contribution < 1.29 is 27.8 Å². The predicted molar refractivity (Wildman–Crippen MR) is 107 cm³/mol. The van der Waals surface area contributed by atoms with Crippen molar-refractivity contribution in [3.8, 4) is 0 Å². The van der Waals surface area contributed by atoms with Gasteiger partial charge in [0.05, 0.1) is 31.6 Å². The molecular formula is C17H16ClN3O8S. The van der Waals surface area contributed by atoms with Crippen LogP contribution in [0.3, 0.4) is 0 Å². The number of hydrogen-bond donors (Lipinski definition) is 0. The fourth-order valence-electron chi connectivity index (χ4n) is 2.41. The highest BCUT2D eigenvalue weighted by atomic mass is 35.5. The van der Waals surface area contributed by atoms with Gasteiger partial charge >= 0.3 is 5.97 Å². The van der Waals surface area contributed by atoms with Gasteiger partial charge in [0.15, 0.2) is 0 Å². The quantitative estimate of drug-likeness (QED) is 0.332. The summed E-state index contributed by atoms with van der Waals surface area (Å²) in [7, 11) is -4.58. The van der Waals surface area contributed by atoms with Crippen LogP contribution in [0, 0.1) is 20.2 Å². The first-order valence-corrected chi connectivity index (χ1v) is 10.2. The summed E-state index contributed by atoms with van der Waals surface area (Å²) < 4.78 is 32.0. The summed E-state index contributed by atoms with van der Waals surface area (Å²) >= 11 is 6.07. The van der Waals surface area contributed by atoms with E-state index < -0.39 is 54.8 Å². The van der Waals surface area contributed by atoms with Gasteiger partial charge in [0.2, 0.25) is 0 Å². The Balaban J connectivity index is 2.66. The molecule has 0 N–H and O–H groups in total. The fourth-order valence-corrected chi connectivity index (χ4v) is 4.14. The van der Waals surface area contributed by atoms with Gasteiger partial charge in [-0.05, 0) is 26.0 Å². The van der Waals surface area contributed by atoms with Gasteiger partial charge in [-0.1, -0.05) is 17.7 Å². The summed E-state index contributed by atoms with van der Waals surface area (Å²) in [6.07, 6.45) is -0.555. The Morgan fingerprint density at radius 2 is 1.70 bits per heavy atom. The molecule has 30 heavy (non-hydrogen) atoms. The minimum absolute atomic E-state index is 0.188. The van der Waals surface area contributed by atoms with E-state index in [1.54, 1.807) is 13.8 Å². The Morgan fingerprint density at radius 1 is 1.10 bits per heavy atom. The van der Waals surface area contributed by atoms with Gasteiger partial charge in [-0.3, -0.25) is 29.3 Å². The van der Waals surface area contributed by atoms with Crippen LogP contribution >= 0.6 is 11.6 Å². The molecule has 0 bridgehead atoms. The first-order chi connectivity index (χ1) is 13.9. The number of non-ortho nitro benzene ring substituents is 2. The number of benzene rings is 2. The molecule has 0 aliphatic rings. The molecule has 0 radical (unpaired) electrons. The fraction of sp³-hybridized carbons (Fsp3) is 0.235. The van der Waals surface area contributed by atoms with E-state index in [-0.39, 0.29) is 10.7 Å². The smallest absolute Gasteiger partial charge is 0.327 e. The number of nitrogens with zero attached hydrogens (tertiary/aromatic N) is 3. The van der Waals surface area contributed by atoms with E-state index in [2.05, 4.69) is 0 Å². The van der Waals surface area contributed by atoms with Gasteiger partial charge in [0.25, 0.3) is 21.4 Å². The molecule has 160 valence electrons. The minimum Gasteiger partial charge on any atom is -0.462 e. The topological polar surface area (TPSA) is 150 Å². The lowest BCUT2D eigenvalue weighted by atomic mass is 10.3. The van der Waals surface area contributed by atoms with Crippen LogP contribution < -0.4 is 4.31 Å². The van der Waals surface area contributed by atoms with E-state index >= 15 is 0 Å². The summed E-state index contributed by atoms with van der Waals surface area (Å²) in [5, 5.41) is 22.0. The molecule has 0 heterocycles. The van der Waals surface area contributed by atoms with Crippen molar-refractivity contribution in [2.24, 2.45) is 0 Å². The van der Waals surface area contributed by atoms with Crippen molar-refractivity contribution in [2.45, 2.75) is 24.8 Å². The maximum Gasteiger partial charge on any atom is 0.327 e. The lowest BCUT2D eigenvalue weighted by Gasteiger charge is -2.24. The molecule has 0 saturated heterocycles. The number of nitro benzene ring substituents is 2. The second-order valence-electron chi connectivity index (χ2n) is 6.20. The zero-order chi connectivity index (χ0) is 22.6. The number of carbonyl (C=O) groups excluding carboxylic acids is 1. The second-order valence-corrected chi connectivity index (χ2v) is 8.47. The number of hydrogen-bond acceptors (Lipinski definition) is 8. The van der Waals surface area contributed by atoms with Gasteiger partial charge in [0, 0.05) is 24.3 Å². The van der Waals surface area contributed by atoms with Crippen molar-refractivity contribution in [3.63, 3.8) is 0 Å². The van der Waals surface area contributed by atoms with E-state index in [1.165, 1.54) is 0 Å². The first-order valence-electron chi connectivity index (χ1n) is 8.34. The average Bonchev–Trinajstić information content (AvgIpc) is 2.66. The van der Waals surface area contributed by atoms with Gasteiger partial charge in [0.1, 0.15) is 6.54 Å². The molecule has 2 rings (SSSR count). The number of esters is 1. The van der Waals surface area contributed by atoms with Crippen LogP contribution in [0.2, 0.25) is 5.02 Å². The van der Waals surface area contributed by atoms with Crippen LogP contribution in [0.1, 0.15) is 13.8 Å². The highest BCUT2D eigenvalue weighted by molar-refractivity contribution is 7.92. The van der Waals surface area contributed by atoms with E-state index in [0.717, 1.165) is 42.5 Å². The summed E-state index contributed by atoms with van der Waals surface area (Å²) in [6, 6.07) is 7.21. The molecule has 13 heteroatoms. The molecule has 0 unspecified atom stereocenters. The zero-order valence-corrected chi connectivity index (χ0v) is 17.3. The number of nitro groups is 2. The third kappa shape index (κ3) is 5.21. The summed E-state index contributed by atoms with van der Waals surface area (Å²) in [5.41, 5.74) is -1.31. The molecule has 0 aromatic heterocycles. The van der Waals surface area contributed by atoms with E-state index in [0.29, 0.717) is 4.31 Å². The normalized spacial score (nSPS) is 11.2. The standard InChI is InChI=1S/C17H16ClN3O8S/c1-11(2)29-17(22)10-19(16-9-13(21(25)26)6-7-15(16)18)30(27,28)14-5-3-4-12(8-14)20(23)24/h3-9,11H,10H2,1-2H3. The second kappa shape index (κ2) is 9.05. The molecular weight excluding hydrogens is 442 g/mol. The molecule has 0 spiro atoms. The van der Waals surface area contributed by atoms with Crippen molar-refractivity contribution in [1.29, 1.82) is 0 Å². The van der Waals surface area contributed by atoms with Gasteiger partial charge in [-0.25, -0.2) is 8.42 Å². The minimum atomic E-state index is -4.58. The highest BCUT2D eigenvalue weighted by Gasteiger charge is 2.31. The van der Waals surface area contributed by atoms with Crippen molar-refractivity contribution in [1.82, 2.24) is 0 Å². The molecule has 11 nitrogen and oxygen atoms in total. The monoisotopic (exact) mass is 457 g/mol. The van der Waals surface area contributed by atoms with Crippen LogP contribution in [0.4, 0.5) is 17.1 Å². The molecule has 0 atom stereocenters. The molecule has 0 aliphatic carbocycles. The van der Waals surface area contributed by atoms with Crippen LogP contribution in [0.5, 0.6) is 0 Å². The van der Waals surface area contributed by atoms with Crippen LogP contribution in [-0.2, 0) is 19.6 Å². The summed E-state index contributed by atoms with van der Waals surface area (Å²) in [4.78, 5) is 32.3. The molecule has 0 aliphatic heterocycles. The van der Waals surface area contributed by atoms with Gasteiger partial charge < -0.3 is 4.74 Å². The zero-order valence-electron chi connectivity index (χ0n) is 15.7. The Labute approximate surface area is 176 Å². The predicted octanol–water partition coefficient (Wildman–Crippen LogP) is 3.30. The molecule has 0 amide bonds. The molecule has 0 saturated carbocycles. The molecule has 2 aromatic carbocycles. The van der Waals surface area contributed by atoms with Crippen molar-refractivity contribution >= 4 is 44.7 Å².